The molecule has 2 aromatic rings. The molecule has 0 radical (unpaired) electrons. The van der Waals surface area contributed by atoms with Gasteiger partial charge in [-0.3, -0.25) is 0 Å². The van der Waals surface area contributed by atoms with Crippen molar-refractivity contribution in [2.45, 2.75) is 58.1 Å². The molecule has 1 unspecified atom stereocenters. The van der Waals surface area contributed by atoms with Crippen molar-refractivity contribution in [2.75, 3.05) is 6.61 Å². The summed E-state index contributed by atoms with van der Waals surface area (Å²) in [4.78, 5) is 0. The lowest BCUT2D eigenvalue weighted by molar-refractivity contribution is -0.264. The van der Waals surface area contributed by atoms with Gasteiger partial charge in [-0.2, -0.15) is 0 Å². The molecule has 26 heavy (non-hydrogen) atoms. The summed E-state index contributed by atoms with van der Waals surface area (Å²) < 4.78 is 24.1. The topological polar surface area (TPSA) is 36.9 Å². The van der Waals surface area contributed by atoms with E-state index in [9.17, 15) is 0 Å². The quantitative estimate of drug-likeness (QED) is 0.705. The van der Waals surface area contributed by atoms with Crippen molar-refractivity contribution in [2.24, 2.45) is 0 Å². The smallest absolute Gasteiger partial charge is 0.160 e. The SMILES string of the molecule is CCOC1C[C@H](OCc2ccccc2)[C@@H](OCc2ccccc2)[C@H](C)O1. The van der Waals surface area contributed by atoms with Crippen LogP contribution in [0.3, 0.4) is 0 Å². The molecule has 0 bridgehead atoms. The van der Waals surface area contributed by atoms with Crippen LogP contribution in [0, 0.1) is 0 Å². The third-order valence-corrected chi connectivity index (χ3v) is 4.57. The van der Waals surface area contributed by atoms with Gasteiger partial charge in [-0.05, 0) is 25.0 Å². The van der Waals surface area contributed by atoms with Gasteiger partial charge in [0.1, 0.15) is 6.10 Å². The van der Waals surface area contributed by atoms with E-state index in [1.807, 2.05) is 50.2 Å². The Morgan fingerprint density at radius 3 is 2.00 bits per heavy atom. The summed E-state index contributed by atoms with van der Waals surface area (Å²) in [6.07, 6.45) is 0.136. The molecule has 0 saturated carbocycles. The summed E-state index contributed by atoms with van der Waals surface area (Å²) in [6, 6.07) is 20.4. The Morgan fingerprint density at radius 1 is 0.846 bits per heavy atom. The van der Waals surface area contributed by atoms with Crippen LogP contribution < -0.4 is 0 Å². The van der Waals surface area contributed by atoms with E-state index in [2.05, 4.69) is 24.3 Å². The maximum Gasteiger partial charge on any atom is 0.160 e. The highest BCUT2D eigenvalue weighted by Gasteiger charge is 2.38. The standard InChI is InChI=1S/C22H28O4/c1-3-23-21-14-20(24-15-18-10-6-4-7-11-18)22(17(2)26-21)25-16-19-12-8-5-9-13-19/h4-13,17,20-22H,3,14-16H2,1-2H3/t17-,20-,21?,22-/m0/s1. The zero-order valence-corrected chi connectivity index (χ0v) is 15.5. The second-order valence-electron chi connectivity index (χ2n) is 6.56. The first-order chi connectivity index (χ1) is 12.8. The van der Waals surface area contributed by atoms with Gasteiger partial charge in [-0.1, -0.05) is 60.7 Å². The van der Waals surface area contributed by atoms with E-state index in [4.69, 9.17) is 18.9 Å². The Kier molecular flexibility index (Phi) is 7.21. The lowest BCUT2D eigenvalue weighted by Crippen LogP contribution is -2.50. The molecule has 4 heteroatoms. The molecule has 0 spiro atoms. The van der Waals surface area contributed by atoms with E-state index in [1.165, 1.54) is 0 Å². The first kappa shape index (κ1) is 19.1. The van der Waals surface area contributed by atoms with E-state index in [1.54, 1.807) is 0 Å². The third-order valence-electron chi connectivity index (χ3n) is 4.57. The van der Waals surface area contributed by atoms with Crippen LogP contribution in [0.5, 0.6) is 0 Å². The van der Waals surface area contributed by atoms with E-state index >= 15 is 0 Å². The largest absolute Gasteiger partial charge is 0.371 e. The average molecular weight is 356 g/mol. The Morgan fingerprint density at radius 2 is 1.42 bits per heavy atom. The number of hydrogen-bond donors (Lipinski definition) is 0. The van der Waals surface area contributed by atoms with E-state index in [0.29, 0.717) is 26.2 Å². The Bertz CT molecular complexity index is 631. The molecule has 4 nitrogen and oxygen atoms in total. The summed E-state index contributed by atoms with van der Waals surface area (Å²) in [5, 5.41) is 0. The van der Waals surface area contributed by atoms with Crippen LogP contribution >= 0.6 is 0 Å². The van der Waals surface area contributed by atoms with Crippen molar-refractivity contribution in [3.8, 4) is 0 Å². The van der Waals surface area contributed by atoms with Crippen LogP contribution in [0.4, 0.5) is 0 Å². The first-order valence-electron chi connectivity index (χ1n) is 9.34. The monoisotopic (exact) mass is 356 g/mol. The average Bonchev–Trinajstić information content (AvgIpc) is 2.67. The second-order valence-corrected chi connectivity index (χ2v) is 6.56. The Balaban J connectivity index is 1.64. The van der Waals surface area contributed by atoms with Gasteiger partial charge in [0.25, 0.3) is 0 Å². The summed E-state index contributed by atoms with van der Waals surface area (Å²) in [7, 11) is 0. The maximum atomic E-state index is 6.23. The minimum Gasteiger partial charge on any atom is -0.371 e. The zero-order chi connectivity index (χ0) is 18.2. The molecule has 0 aromatic heterocycles. The molecule has 0 N–H and O–H groups in total. The summed E-state index contributed by atoms with van der Waals surface area (Å²) in [5.74, 6) is 0. The van der Waals surface area contributed by atoms with Gasteiger partial charge in [-0.25, -0.2) is 0 Å². The first-order valence-corrected chi connectivity index (χ1v) is 9.34. The highest BCUT2D eigenvalue weighted by Crippen LogP contribution is 2.27. The Hall–Kier alpha value is -1.72. The van der Waals surface area contributed by atoms with Gasteiger partial charge in [0.2, 0.25) is 0 Å². The maximum absolute atomic E-state index is 6.23. The van der Waals surface area contributed by atoms with Crippen LogP contribution in [0.15, 0.2) is 60.7 Å². The van der Waals surface area contributed by atoms with Crippen LogP contribution in [-0.4, -0.2) is 31.2 Å². The number of benzene rings is 2. The molecule has 0 aliphatic carbocycles. The molecule has 140 valence electrons. The van der Waals surface area contributed by atoms with Crippen molar-refractivity contribution < 1.29 is 18.9 Å². The number of ether oxygens (including phenoxy) is 4. The summed E-state index contributed by atoms with van der Waals surface area (Å²) in [5.41, 5.74) is 2.30. The predicted octanol–water partition coefficient (Wildman–Crippen LogP) is 4.33. The van der Waals surface area contributed by atoms with Gasteiger partial charge < -0.3 is 18.9 Å². The molecule has 4 atom stereocenters. The molecule has 2 aromatic carbocycles. The summed E-state index contributed by atoms with van der Waals surface area (Å²) in [6.45, 7) is 5.73. The zero-order valence-electron chi connectivity index (χ0n) is 15.5. The van der Waals surface area contributed by atoms with Gasteiger partial charge in [0, 0.05) is 13.0 Å². The van der Waals surface area contributed by atoms with Crippen molar-refractivity contribution in [1.82, 2.24) is 0 Å². The predicted molar refractivity (Wildman–Crippen MR) is 101 cm³/mol. The minimum absolute atomic E-state index is 0.0702. The second kappa shape index (κ2) is 9.83. The molecule has 0 amide bonds. The number of hydrogen-bond acceptors (Lipinski definition) is 4. The Labute approximate surface area is 156 Å². The normalized spacial score (nSPS) is 25.9. The van der Waals surface area contributed by atoms with Crippen LogP contribution in [0.25, 0.3) is 0 Å². The third kappa shape index (κ3) is 5.39. The molecular weight excluding hydrogens is 328 g/mol. The highest BCUT2D eigenvalue weighted by molar-refractivity contribution is 5.14. The van der Waals surface area contributed by atoms with E-state index < -0.39 is 0 Å². The van der Waals surface area contributed by atoms with Crippen molar-refractivity contribution >= 4 is 0 Å². The summed E-state index contributed by atoms with van der Waals surface area (Å²) >= 11 is 0. The lowest BCUT2D eigenvalue weighted by atomic mass is 10.0. The number of rotatable bonds is 8. The van der Waals surface area contributed by atoms with Crippen molar-refractivity contribution in [1.29, 1.82) is 0 Å². The van der Waals surface area contributed by atoms with Crippen LogP contribution in [0.2, 0.25) is 0 Å². The van der Waals surface area contributed by atoms with Crippen molar-refractivity contribution in [3.63, 3.8) is 0 Å². The molecule has 3 rings (SSSR count). The fraction of sp³-hybridized carbons (Fsp3) is 0.455. The van der Waals surface area contributed by atoms with Gasteiger partial charge in [0.15, 0.2) is 6.29 Å². The van der Waals surface area contributed by atoms with E-state index in [-0.39, 0.29) is 24.6 Å². The molecule has 1 aliphatic rings. The molecular formula is C22H28O4. The van der Waals surface area contributed by atoms with Crippen molar-refractivity contribution in [3.05, 3.63) is 71.8 Å². The highest BCUT2D eigenvalue weighted by atomic mass is 16.7. The molecule has 1 heterocycles. The van der Waals surface area contributed by atoms with Crippen LogP contribution in [0.1, 0.15) is 31.4 Å². The van der Waals surface area contributed by atoms with Gasteiger partial charge >= 0.3 is 0 Å². The fourth-order valence-corrected chi connectivity index (χ4v) is 3.24. The molecule has 1 aliphatic heterocycles. The minimum atomic E-state index is -0.243. The lowest BCUT2D eigenvalue weighted by Gasteiger charge is -2.40. The van der Waals surface area contributed by atoms with E-state index in [0.717, 1.165) is 11.1 Å². The fourth-order valence-electron chi connectivity index (χ4n) is 3.24. The molecule has 1 fully saturated rings. The molecule has 1 saturated heterocycles. The van der Waals surface area contributed by atoms with Gasteiger partial charge in [-0.15, -0.1) is 0 Å². The van der Waals surface area contributed by atoms with Gasteiger partial charge in [0.05, 0.1) is 25.4 Å². The van der Waals surface area contributed by atoms with Crippen LogP contribution in [-0.2, 0) is 32.2 Å².